The van der Waals surface area contributed by atoms with E-state index in [0.29, 0.717) is 0 Å². The van der Waals surface area contributed by atoms with Crippen LogP contribution in [0.1, 0.15) is 12.6 Å². The van der Waals surface area contributed by atoms with Crippen LogP contribution in [0.3, 0.4) is 0 Å². The molecule has 2 rings (SSSR count). The monoisotopic (exact) mass is 237 g/mol. The third-order valence-corrected chi connectivity index (χ3v) is 2.05. The summed E-state index contributed by atoms with van der Waals surface area (Å²) in [6, 6.07) is -0.667. The smallest absolute Gasteiger partial charge is 0.358 e. The molecule has 0 amide bonds. The number of hydrogen-bond donors (Lipinski definition) is 0. The fourth-order valence-corrected chi connectivity index (χ4v) is 1.30. The normalized spacial score (nSPS) is 10.4. The molecule has 0 saturated carbocycles. The second-order valence-electron chi connectivity index (χ2n) is 3.01. The number of hydrogen-bond acceptors (Lipinski definition) is 7. The molecule has 2 aromatic heterocycles. The summed E-state index contributed by atoms with van der Waals surface area (Å²) in [5, 5.41) is 24.4. The van der Waals surface area contributed by atoms with E-state index in [1.807, 2.05) is 0 Å². The van der Waals surface area contributed by atoms with Crippen molar-refractivity contribution in [2.45, 2.75) is 13.3 Å². The molecule has 0 bridgehead atoms. The molecule has 0 spiro atoms. The lowest BCUT2D eigenvalue weighted by Crippen LogP contribution is -2.23. The van der Waals surface area contributed by atoms with Crippen molar-refractivity contribution in [3.8, 4) is 0 Å². The van der Waals surface area contributed by atoms with Gasteiger partial charge in [-0.1, -0.05) is 12.1 Å². The van der Waals surface area contributed by atoms with Gasteiger partial charge in [-0.3, -0.25) is 0 Å². The number of aromatic nitrogens is 6. The number of nitrogens with zero attached hydrogens (tertiary/aromatic N) is 7. The third-order valence-electron chi connectivity index (χ3n) is 2.05. The van der Waals surface area contributed by atoms with E-state index in [1.54, 1.807) is 6.92 Å². The van der Waals surface area contributed by atoms with E-state index in [0.717, 1.165) is 9.36 Å². The van der Waals surface area contributed by atoms with Crippen LogP contribution in [0.15, 0.2) is 12.4 Å². The van der Waals surface area contributed by atoms with E-state index in [-0.39, 0.29) is 12.1 Å². The Morgan fingerprint density at radius 3 is 2.82 bits per heavy atom. The lowest BCUT2D eigenvalue weighted by atomic mass is 10.3. The first-order chi connectivity index (χ1) is 8.15. The van der Waals surface area contributed by atoms with Crippen LogP contribution in [0.25, 0.3) is 0 Å². The molecule has 0 aromatic carbocycles. The Bertz CT molecular complexity index is 558. The van der Waals surface area contributed by atoms with Gasteiger partial charge in [-0.05, 0) is 11.3 Å². The minimum absolute atomic E-state index is 0.121. The molecule has 88 valence electrons. The number of rotatable bonds is 2. The Hall–Kier alpha value is -2.65. The van der Waals surface area contributed by atoms with Crippen LogP contribution in [0.5, 0.6) is 0 Å². The Morgan fingerprint density at radius 1 is 1.53 bits per heavy atom. The van der Waals surface area contributed by atoms with Gasteiger partial charge in [0.05, 0.1) is 17.6 Å². The zero-order valence-corrected chi connectivity index (χ0v) is 8.72. The quantitative estimate of drug-likeness (QED) is 0.526. The summed E-state index contributed by atoms with van der Waals surface area (Å²) >= 11 is 0. The Kier molecular flexibility index (Phi) is 2.60. The second-order valence-corrected chi connectivity index (χ2v) is 3.01. The van der Waals surface area contributed by atoms with Gasteiger partial charge in [0.15, 0.2) is 5.69 Å². The highest BCUT2D eigenvalue weighted by molar-refractivity contribution is 5.78. The van der Waals surface area contributed by atoms with Gasteiger partial charge >= 0.3 is 11.8 Å². The second kappa shape index (κ2) is 4.08. The zero-order valence-electron chi connectivity index (χ0n) is 8.72. The number of carbonyl (C=O) groups is 1. The zero-order chi connectivity index (χ0) is 12.4. The first-order valence-corrected chi connectivity index (χ1v) is 4.65. The van der Waals surface area contributed by atoms with E-state index < -0.39 is 16.8 Å². The van der Waals surface area contributed by atoms with Gasteiger partial charge < -0.3 is 10.1 Å². The SMILES string of the molecule is CCc1c([N+](=O)[O-])nnn1C(=O)n1ccnn1. The molecule has 2 aromatic rings. The summed E-state index contributed by atoms with van der Waals surface area (Å²) in [5.74, 6) is -0.430. The molecule has 0 saturated heterocycles. The average Bonchev–Trinajstić information content (AvgIpc) is 2.96. The van der Waals surface area contributed by atoms with E-state index >= 15 is 0 Å². The molecule has 10 nitrogen and oxygen atoms in total. The van der Waals surface area contributed by atoms with Gasteiger partial charge in [-0.25, -0.2) is 4.79 Å². The van der Waals surface area contributed by atoms with Crippen LogP contribution < -0.4 is 0 Å². The minimum Gasteiger partial charge on any atom is -0.358 e. The molecule has 2 heterocycles. The number of carbonyl (C=O) groups excluding carboxylic acids is 1. The molecule has 0 fully saturated rings. The molecule has 0 radical (unpaired) electrons. The molecule has 0 aliphatic carbocycles. The van der Waals surface area contributed by atoms with Crippen LogP contribution in [0.2, 0.25) is 0 Å². The van der Waals surface area contributed by atoms with Crippen LogP contribution in [0.4, 0.5) is 10.6 Å². The average molecular weight is 237 g/mol. The lowest BCUT2D eigenvalue weighted by Gasteiger charge is -1.99. The lowest BCUT2D eigenvalue weighted by molar-refractivity contribution is -0.390. The Morgan fingerprint density at radius 2 is 2.29 bits per heavy atom. The Labute approximate surface area is 94.0 Å². The van der Waals surface area contributed by atoms with Crippen molar-refractivity contribution in [3.05, 3.63) is 28.2 Å². The molecule has 10 heteroatoms. The van der Waals surface area contributed by atoms with Crippen LogP contribution in [-0.2, 0) is 6.42 Å². The first-order valence-electron chi connectivity index (χ1n) is 4.65. The highest BCUT2D eigenvalue weighted by Gasteiger charge is 2.26. The van der Waals surface area contributed by atoms with Gasteiger partial charge in [0.25, 0.3) is 0 Å². The summed E-state index contributed by atoms with van der Waals surface area (Å²) in [7, 11) is 0. The van der Waals surface area contributed by atoms with Crippen LogP contribution >= 0.6 is 0 Å². The summed E-state index contributed by atoms with van der Waals surface area (Å²) in [6.07, 6.45) is 2.88. The van der Waals surface area contributed by atoms with Crippen LogP contribution in [-0.4, -0.2) is 40.9 Å². The van der Waals surface area contributed by atoms with Gasteiger partial charge in [0, 0.05) is 0 Å². The molecule has 0 aliphatic heterocycles. The van der Waals surface area contributed by atoms with Crippen LogP contribution in [0, 0.1) is 10.1 Å². The maximum absolute atomic E-state index is 11.8. The van der Waals surface area contributed by atoms with E-state index in [1.165, 1.54) is 12.4 Å². The highest BCUT2D eigenvalue weighted by Crippen LogP contribution is 2.14. The van der Waals surface area contributed by atoms with Crippen molar-refractivity contribution in [2.75, 3.05) is 0 Å². The van der Waals surface area contributed by atoms with Gasteiger partial charge in [0.2, 0.25) is 0 Å². The summed E-state index contributed by atoms with van der Waals surface area (Å²) in [4.78, 5) is 21.8. The molecule has 0 unspecified atom stereocenters. The van der Waals surface area contributed by atoms with Gasteiger partial charge in [-0.2, -0.15) is 4.68 Å². The van der Waals surface area contributed by atoms with E-state index in [9.17, 15) is 14.9 Å². The molecule has 0 atom stereocenters. The van der Waals surface area contributed by atoms with Gasteiger partial charge in [-0.15, -0.1) is 9.78 Å². The largest absolute Gasteiger partial charge is 0.414 e. The molecule has 0 aliphatic rings. The predicted octanol–water partition coefficient (Wildman–Crippen LogP) is -0.143. The van der Waals surface area contributed by atoms with Crippen molar-refractivity contribution in [3.63, 3.8) is 0 Å². The highest BCUT2D eigenvalue weighted by atomic mass is 16.6. The van der Waals surface area contributed by atoms with E-state index in [4.69, 9.17) is 0 Å². The predicted molar refractivity (Wildman–Crippen MR) is 52.3 cm³/mol. The van der Waals surface area contributed by atoms with Crippen molar-refractivity contribution in [1.82, 2.24) is 30.0 Å². The summed E-state index contributed by atoms with van der Waals surface area (Å²) in [6.45, 7) is 1.66. The van der Waals surface area contributed by atoms with Crippen molar-refractivity contribution < 1.29 is 9.72 Å². The van der Waals surface area contributed by atoms with Gasteiger partial charge in [0.1, 0.15) is 5.10 Å². The summed E-state index contributed by atoms with van der Waals surface area (Å²) in [5.41, 5.74) is 0.121. The fraction of sp³-hybridized carbons (Fsp3) is 0.286. The maximum Gasteiger partial charge on any atom is 0.414 e. The Balaban J connectivity index is 2.46. The molecule has 17 heavy (non-hydrogen) atoms. The van der Waals surface area contributed by atoms with Crippen molar-refractivity contribution in [2.24, 2.45) is 0 Å². The molecular formula is C7H7N7O3. The fourth-order valence-electron chi connectivity index (χ4n) is 1.30. The number of nitro groups is 1. The summed E-state index contributed by atoms with van der Waals surface area (Å²) < 4.78 is 1.75. The minimum atomic E-state index is -0.684. The maximum atomic E-state index is 11.8. The van der Waals surface area contributed by atoms with E-state index in [2.05, 4.69) is 20.6 Å². The van der Waals surface area contributed by atoms with Crippen molar-refractivity contribution >= 4 is 11.8 Å². The molecule has 0 N–H and O–H groups in total. The third kappa shape index (κ3) is 1.75. The first kappa shape index (κ1) is 10.9. The standard InChI is InChI=1S/C7H7N7O3/c1-2-5-6(14(16)17)9-11-13(5)7(15)12-4-3-8-10-12/h3-4H,2H2,1H3. The topological polar surface area (TPSA) is 122 Å². The molecular weight excluding hydrogens is 230 g/mol. The van der Waals surface area contributed by atoms with Crippen molar-refractivity contribution in [1.29, 1.82) is 0 Å².